The minimum atomic E-state index is 0.207. The molecule has 1 rings (SSSR count). The predicted molar refractivity (Wildman–Crippen MR) is 46.5 cm³/mol. The van der Waals surface area contributed by atoms with Gasteiger partial charge >= 0.3 is 0 Å². The zero-order valence-corrected chi connectivity index (χ0v) is 7.52. The highest BCUT2D eigenvalue weighted by molar-refractivity contribution is 5.03. The lowest BCUT2D eigenvalue weighted by Gasteiger charge is -2.20. The van der Waals surface area contributed by atoms with Gasteiger partial charge in [0, 0.05) is 17.8 Å². The number of rotatable bonds is 3. The van der Waals surface area contributed by atoms with E-state index in [2.05, 4.69) is 30.7 Å². The van der Waals surface area contributed by atoms with Crippen LogP contribution < -0.4 is 0 Å². The van der Waals surface area contributed by atoms with E-state index in [-0.39, 0.29) is 5.41 Å². The fraction of sp³-hybridized carbons (Fsp3) is 0.667. The van der Waals surface area contributed by atoms with Crippen LogP contribution in [-0.2, 0) is 5.41 Å². The Morgan fingerprint density at radius 2 is 2.27 bits per heavy atom. The van der Waals surface area contributed by atoms with Gasteiger partial charge in [-0.15, -0.1) is 0 Å². The second-order valence-electron chi connectivity index (χ2n) is 3.57. The van der Waals surface area contributed by atoms with Gasteiger partial charge in [-0.3, -0.25) is 0 Å². The van der Waals surface area contributed by atoms with Crippen molar-refractivity contribution >= 4 is 0 Å². The Labute approximate surface area is 68.0 Å². The quantitative estimate of drug-likeness (QED) is 0.708. The van der Waals surface area contributed by atoms with Crippen LogP contribution in [0, 0.1) is 0 Å². The molecule has 1 aromatic heterocycles. The maximum absolute atomic E-state index is 4.25. The topological polar surface area (TPSA) is 28.7 Å². The number of hydrogen-bond donors (Lipinski definition) is 1. The molecular formula is C9H16N2. The molecule has 0 aliphatic carbocycles. The fourth-order valence-corrected chi connectivity index (χ4v) is 1.38. The molecule has 0 unspecified atom stereocenters. The van der Waals surface area contributed by atoms with Gasteiger partial charge in [-0.25, -0.2) is 4.98 Å². The van der Waals surface area contributed by atoms with E-state index in [0.29, 0.717) is 0 Å². The number of nitrogens with one attached hydrogen (secondary N) is 1. The molecule has 2 heteroatoms. The Morgan fingerprint density at radius 1 is 1.55 bits per heavy atom. The van der Waals surface area contributed by atoms with Gasteiger partial charge in [0.1, 0.15) is 5.82 Å². The molecule has 2 nitrogen and oxygen atoms in total. The first kappa shape index (κ1) is 8.31. The molecule has 0 aliphatic heterocycles. The van der Waals surface area contributed by atoms with Crippen LogP contribution in [0.25, 0.3) is 0 Å². The van der Waals surface area contributed by atoms with Crippen molar-refractivity contribution in [3.8, 4) is 0 Å². The molecule has 0 saturated carbocycles. The van der Waals surface area contributed by atoms with Crippen LogP contribution in [0.3, 0.4) is 0 Å². The molecular weight excluding hydrogens is 136 g/mol. The lowest BCUT2D eigenvalue weighted by Crippen LogP contribution is -2.18. The van der Waals surface area contributed by atoms with Crippen molar-refractivity contribution in [2.45, 2.75) is 39.0 Å². The Hall–Kier alpha value is -0.790. The summed E-state index contributed by atoms with van der Waals surface area (Å²) in [6.45, 7) is 6.63. The van der Waals surface area contributed by atoms with Gasteiger partial charge in [0.25, 0.3) is 0 Å². The summed E-state index contributed by atoms with van der Waals surface area (Å²) in [5.74, 6) is 1.10. The molecule has 1 aromatic rings. The first-order chi connectivity index (χ1) is 5.17. The smallest absolute Gasteiger partial charge is 0.111 e. The highest BCUT2D eigenvalue weighted by Gasteiger charge is 2.21. The molecule has 0 fully saturated rings. The molecule has 62 valence electrons. The normalized spacial score (nSPS) is 11.9. The third-order valence-corrected chi connectivity index (χ3v) is 2.01. The first-order valence-corrected chi connectivity index (χ1v) is 4.16. The second kappa shape index (κ2) is 3.07. The van der Waals surface area contributed by atoms with Gasteiger partial charge in [-0.1, -0.05) is 27.2 Å². The van der Waals surface area contributed by atoms with E-state index < -0.39 is 0 Å². The average molecular weight is 152 g/mol. The second-order valence-corrected chi connectivity index (χ2v) is 3.57. The maximum Gasteiger partial charge on any atom is 0.111 e. The summed E-state index contributed by atoms with van der Waals surface area (Å²) >= 11 is 0. The van der Waals surface area contributed by atoms with E-state index in [0.717, 1.165) is 5.82 Å². The summed E-state index contributed by atoms with van der Waals surface area (Å²) in [6, 6.07) is 0. The van der Waals surface area contributed by atoms with Gasteiger partial charge in [0.15, 0.2) is 0 Å². The molecule has 0 spiro atoms. The monoisotopic (exact) mass is 152 g/mol. The molecule has 1 N–H and O–H groups in total. The third-order valence-electron chi connectivity index (χ3n) is 2.01. The van der Waals surface area contributed by atoms with Crippen LogP contribution in [0.4, 0.5) is 0 Å². The van der Waals surface area contributed by atoms with Crippen molar-refractivity contribution in [2.75, 3.05) is 0 Å². The van der Waals surface area contributed by atoms with Crippen molar-refractivity contribution < 1.29 is 0 Å². The molecule has 11 heavy (non-hydrogen) atoms. The van der Waals surface area contributed by atoms with Gasteiger partial charge in [0.2, 0.25) is 0 Å². The molecule has 0 atom stereocenters. The summed E-state index contributed by atoms with van der Waals surface area (Å²) in [6.07, 6.45) is 6.08. The van der Waals surface area contributed by atoms with Crippen LogP contribution >= 0.6 is 0 Å². The fourth-order valence-electron chi connectivity index (χ4n) is 1.38. The van der Waals surface area contributed by atoms with Crippen LogP contribution in [0.2, 0.25) is 0 Å². The van der Waals surface area contributed by atoms with Crippen LogP contribution in [0.1, 0.15) is 39.4 Å². The van der Waals surface area contributed by atoms with E-state index >= 15 is 0 Å². The Balaban J connectivity index is 2.73. The number of imidazole rings is 1. The molecule has 0 saturated heterocycles. The number of hydrogen-bond acceptors (Lipinski definition) is 1. The van der Waals surface area contributed by atoms with E-state index in [9.17, 15) is 0 Å². The van der Waals surface area contributed by atoms with Crippen LogP contribution in [-0.4, -0.2) is 9.97 Å². The van der Waals surface area contributed by atoms with E-state index in [1.807, 2.05) is 12.4 Å². The molecule has 0 radical (unpaired) electrons. The summed E-state index contributed by atoms with van der Waals surface area (Å²) in [5, 5.41) is 0. The summed E-state index contributed by atoms with van der Waals surface area (Å²) in [4.78, 5) is 7.40. The number of aromatic amines is 1. The zero-order valence-electron chi connectivity index (χ0n) is 7.52. The van der Waals surface area contributed by atoms with Gasteiger partial charge in [-0.05, 0) is 6.42 Å². The van der Waals surface area contributed by atoms with Crippen molar-refractivity contribution in [2.24, 2.45) is 0 Å². The number of aromatic nitrogens is 2. The van der Waals surface area contributed by atoms with Gasteiger partial charge < -0.3 is 4.98 Å². The minimum Gasteiger partial charge on any atom is -0.348 e. The van der Waals surface area contributed by atoms with Crippen molar-refractivity contribution in [3.05, 3.63) is 18.2 Å². The SMILES string of the molecule is CCCC(C)(C)c1ncc[nH]1. The van der Waals surface area contributed by atoms with E-state index in [4.69, 9.17) is 0 Å². The maximum atomic E-state index is 4.25. The molecule has 0 bridgehead atoms. The zero-order chi connectivity index (χ0) is 8.32. The summed E-state index contributed by atoms with van der Waals surface area (Å²) < 4.78 is 0. The minimum absolute atomic E-state index is 0.207. The predicted octanol–water partition coefficient (Wildman–Crippen LogP) is 2.49. The highest BCUT2D eigenvalue weighted by Crippen LogP contribution is 2.24. The van der Waals surface area contributed by atoms with Crippen molar-refractivity contribution in [1.29, 1.82) is 0 Å². The lowest BCUT2D eigenvalue weighted by atomic mass is 9.87. The van der Waals surface area contributed by atoms with Crippen LogP contribution in [0.15, 0.2) is 12.4 Å². The first-order valence-electron chi connectivity index (χ1n) is 4.16. The number of H-pyrrole nitrogens is 1. The summed E-state index contributed by atoms with van der Waals surface area (Å²) in [5.41, 5.74) is 0.207. The molecule has 0 aromatic carbocycles. The number of nitrogens with zero attached hydrogens (tertiary/aromatic N) is 1. The largest absolute Gasteiger partial charge is 0.348 e. The van der Waals surface area contributed by atoms with E-state index in [1.54, 1.807) is 0 Å². The third kappa shape index (κ3) is 1.82. The Morgan fingerprint density at radius 3 is 2.73 bits per heavy atom. The van der Waals surface area contributed by atoms with Crippen LogP contribution in [0.5, 0.6) is 0 Å². The van der Waals surface area contributed by atoms with Gasteiger partial charge in [0.05, 0.1) is 0 Å². The lowest BCUT2D eigenvalue weighted by molar-refractivity contribution is 0.448. The average Bonchev–Trinajstić information content (AvgIpc) is 2.37. The Kier molecular flexibility index (Phi) is 2.32. The van der Waals surface area contributed by atoms with Crippen molar-refractivity contribution in [3.63, 3.8) is 0 Å². The van der Waals surface area contributed by atoms with E-state index in [1.165, 1.54) is 12.8 Å². The van der Waals surface area contributed by atoms with Crippen molar-refractivity contribution in [1.82, 2.24) is 9.97 Å². The van der Waals surface area contributed by atoms with Gasteiger partial charge in [-0.2, -0.15) is 0 Å². The molecule has 1 heterocycles. The standard InChI is InChI=1S/C9H16N2/c1-4-5-9(2,3)8-10-6-7-11-8/h6-7H,4-5H2,1-3H3,(H,10,11). The molecule has 0 aliphatic rings. The Bertz CT molecular complexity index is 199. The highest BCUT2D eigenvalue weighted by atomic mass is 14.9. The molecule has 0 amide bonds. The summed E-state index contributed by atoms with van der Waals surface area (Å²) in [7, 11) is 0.